The van der Waals surface area contributed by atoms with E-state index in [1.165, 1.54) is 42.5 Å². The third kappa shape index (κ3) is 2.72. The summed E-state index contributed by atoms with van der Waals surface area (Å²) in [5, 5.41) is 0. The van der Waals surface area contributed by atoms with E-state index in [-0.39, 0.29) is 17.2 Å². The molecular weight excluding hydrogens is 276 g/mol. The molecular formula is C16H9F2NO2. The Morgan fingerprint density at radius 2 is 1.71 bits per heavy atom. The Balaban J connectivity index is 1.96. The Morgan fingerprint density at radius 3 is 2.43 bits per heavy atom. The number of ether oxygens (including phenoxy) is 1. The highest BCUT2D eigenvalue weighted by molar-refractivity contribution is 6.12. The SMILES string of the molecule is O=C1OC(c2ccc(F)cc2)=N/C1=C\c1ccccc1F. The van der Waals surface area contributed by atoms with Gasteiger partial charge in [0.15, 0.2) is 5.70 Å². The monoisotopic (exact) mass is 285 g/mol. The van der Waals surface area contributed by atoms with Gasteiger partial charge in [0.1, 0.15) is 11.6 Å². The first kappa shape index (κ1) is 13.2. The van der Waals surface area contributed by atoms with Crippen molar-refractivity contribution in [3.8, 4) is 0 Å². The molecule has 0 amide bonds. The van der Waals surface area contributed by atoms with Crippen molar-refractivity contribution in [1.82, 2.24) is 0 Å². The highest BCUT2D eigenvalue weighted by Gasteiger charge is 2.24. The van der Waals surface area contributed by atoms with Crippen LogP contribution in [0, 0.1) is 11.6 Å². The second kappa shape index (κ2) is 5.28. The average Bonchev–Trinajstić information content (AvgIpc) is 2.83. The van der Waals surface area contributed by atoms with Crippen LogP contribution in [0.5, 0.6) is 0 Å². The number of halogens is 2. The van der Waals surface area contributed by atoms with Crippen LogP contribution in [0.25, 0.3) is 6.08 Å². The van der Waals surface area contributed by atoms with Crippen molar-refractivity contribution in [2.45, 2.75) is 0 Å². The topological polar surface area (TPSA) is 38.7 Å². The van der Waals surface area contributed by atoms with Crippen LogP contribution in [0.2, 0.25) is 0 Å². The van der Waals surface area contributed by atoms with Crippen LogP contribution < -0.4 is 0 Å². The van der Waals surface area contributed by atoms with Gasteiger partial charge in [0, 0.05) is 11.1 Å². The number of rotatable bonds is 2. The second-order valence-electron chi connectivity index (χ2n) is 4.36. The molecule has 0 aromatic heterocycles. The van der Waals surface area contributed by atoms with E-state index in [1.54, 1.807) is 12.1 Å². The van der Waals surface area contributed by atoms with Gasteiger partial charge in [-0.1, -0.05) is 18.2 Å². The molecule has 0 saturated heterocycles. The van der Waals surface area contributed by atoms with E-state index in [0.717, 1.165) is 0 Å². The van der Waals surface area contributed by atoms with E-state index in [1.807, 2.05) is 0 Å². The molecule has 0 radical (unpaired) electrons. The van der Waals surface area contributed by atoms with Crippen LogP contribution in [0.1, 0.15) is 11.1 Å². The number of benzene rings is 2. The molecule has 5 heteroatoms. The van der Waals surface area contributed by atoms with Gasteiger partial charge in [0.2, 0.25) is 5.90 Å². The van der Waals surface area contributed by atoms with Gasteiger partial charge in [-0.05, 0) is 36.4 Å². The lowest BCUT2D eigenvalue weighted by atomic mass is 10.2. The highest BCUT2D eigenvalue weighted by Crippen LogP contribution is 2.20. The molecule has 3 rings (SSSR count). The van der Waals surface area contributed by atoms with Crippen molar-refractivity contribution in [2.75, 3.05) is 0 Å². The van der Waals surface area contributed by atoms with E-state index >= 15 is 0 Å². The number of aliphatic imine (C=N–C) groups is 1. The Morgan fingerprint density at radius 1 is 1.00 bits per heavy atom. The van der Waals surface area contributed by atoms with Crippen molar-refractivity contribution in [1.29, 1.82) is 0 Å². The molecule has 0 unspecified atom stereocenters. The van der Waals surface area contributed by atoms with Crippen LogP contribution in [-0.4, -0.2) is 11.9 Å². The minimum Gasteiger partial charge on any atom is -0.402 e. The van der Waals surface area contributed by atoms with Gasteiger partial charge in [-0.3, -0.25) is 0 Å². The first-order valence-electron chi connectivity index (χ1n) is 6.16. The van der Waals surface area contributed by atoms with E-state index in [9.17, 15) is 13.6 Å². The molecule has 0 N–H and O–H groups in total. The summed E-state index contributed by atoms with van der Waals surface area (Å²) in [6.45, 7) is 0. The van der Waals surface area contributed by atoms with Gasteiger partial charge in [-0.25, -0.2) is 18.6 Å². The lowest BCUT2D eigenvalue weighted by molar-refractivity contribution is -0.129. The van der Waals surface area contributed by atoms with Gasteiger partial charge >= 0.3 is 5.97 Å². The Bertz CT molecular complexity index is 764. The smallest absolute Gasteiger partial charge is 0.363 e. The van der Waals surface area contributed by atoms with Crippen molar-refractivity contribution < 1.29 is 18.3 Å². The minimum absolute atomic E-state index is 0.000532. The number of nitrogens with zero attached hydrogens (tertiary/aromatic N) is 1. The zero-order chi connectivity index (χ0) is 14.8. The molecule has 3 nitrogen and oxygen atoms in total. The number of carbonyl (C=O) groups is 1. The van der Waals surface area contributed by atoms with Crippen molar-refractivity contribution in [2.24, 2.45) is 4.99 Å². The summed E-state index contributed by atoms with van der Waals surface area (Å²) >= 11 is 0. The fourth-order valence-electron chi connectivity index (χ4n) is 1.86. The van der Waals surface area contributed by atoms with Crippen molar-refractivity contribution >= 4 is 17.9 Å². The van der Waals surface area contributed by atoms with Crippen LogP contribution in [-0.2, 0) is 9.53 Å². The Labute approximate surface area is 119 Å². The molecule has 0 spiro atoms. The molecule has 1 aliphatic rings. The molecule has 0 aliphatic carbocycles. The van der Waals surface area contributed by atoms with Gasteiger partial charge in [0.05, 0.1) is 0 Å². The largest absolute Gasteiger partial charge is 0.402 e. The van der Waals surface area contributed by atoms with Gasteiger partial charge < -0.3 is 4.74 Å². The molecule has 2 aromatic rings. The van der Waals surface area contributed by atoms with Gasteiger partial charge in [0.25, 0.3) is 0 Å². The molecule has 21 heavy (non-hydrogen) atoms. The summed E-state index contributed by atoms with van der Waals surface area (Å²) in [5.41, 5.74) is 0.717. The minimum atomic E-state index is -0.669. The number of hydrogen-bond acceptors (Lipinski definition) is 3. The summed E-state index contributed by atoms with van der Waals surface area (Å²) < 4.78 is 31.4. The van der Waals surface area contributed by atoms with Crippen molar-refractivity contribution in [3.63, 3.8) is 0 Å². The number of cyclic esters (lactones) is 1. The number of carbonyl (C=O) groups excluding carboxylic acids is 1. The number of esters is 1. The summed E-state index contributed by atoms with van der Waals surface area (Å²) in [6, 6.07) is 11.4. The lowest BCUT2D eigenvalue weighted by Gasteiger charge is -1.98. The van der Waals surface area contributed by atoms with Crippen LogP contribution in [0.3, 0.4) is 0 Å². The van der Waals surface area contributed by atoms with Crippen LogP contribution in [0.4, 0.5) is 8.78 Å². The normalized spacial score (nSPS) is 16.0. The summed E-state index contributed by atoms with van der Waals surface area (Å²) in [4.78, 5) is 15.8. The molecule has 1 heterocycles. The van der Waals surface area contributed by atoms with Crippen molar-refractivity contribution in [3.05, 3.63) is 77.0 Å². The lowest BCUT2D eigenvalue weighted by Crippen LogP contribution is -2.05. The predicted octanol–water partition coefficient (Wildman–Crippen LogP) is 3.31. The first-order valence-corrected chi connectivity index (χ1v) is 6.16. The predicted molar refractivity (Wildman–Crippen MR) is 73.4 cm³/mol. The van der Waals surface area contributed by atoms with E-state index in [2.05, 4.69) is 4.99 Å². The molecule has 1 aliphatic heterocycles. The highest BCUT2D eigenvalue weighted by atomic mass is 19.1. The zero-order valence-corrected chi connectivity index (χ0v) is 10.7. The Hall–Kier alpha value is -2.82. The molecule has 0 saturated carbocycles. The maximum absolute atomic E-state index is 13.5. The third-order valence-electron chi connectivity index (χ3n) is 2.91. The van der Waals surface area contributed by atoms with Gasteiger partial charge in [-0.15, -0.1) is 0 Å². The van der Waals surface area contributed by atoms with E-state index in [0.29, 0.717) is 5.56 Å². The van der Waals surface area contributed by atoms with Gasteiger partial charge in [-0.2, -0.15) is 0 Å². The zero-order valence-electron chi connectivity index (χ0n) is 10.7. The second-order valence-corrected chi connectivity index (χ2v) is 4.36. The van der Waals surface area contributed by atoms with E-state index in [4.69, 9.17) is 4.74 Å². The number of hydrogen-bond donors (Lipinski definition) is 0. The summed E-state index contributed by atoms with van der Waals surface area (Å²) in [6.07, 6.45) is 1.31. The molecule has 0 fully saturated rings. The molecule has 104 valence electrons. The molecule has 0 bridgehead atoms. The third-order valence-corrected chi connectivity index (χ3v) is 2.91. The molecule has 0 atom stereocenters. The fourth-order valence-corrected chi connectivity index (χ4v) is 1.86. The maximum Gasteiger partial charge on any atom is 0.363 e. The van der Waals surface area contributed by atoms with E-state index < -0.39 is 17.6 Å². The standard InChI is InChI=1S/C16H9F2NO2/c17-12-7-5-10(6-8-12)15-19-14(16(20)21-15)9-11-3-1-2-4-13(11)18/h1-9H/b14-9-. The summed E-state index contributed by atoms with van der Waals surface area (Å²) in [5.74, 6) is -1.45. The average molecular weight is 285 g/mol. The quantitative estimate of drug-likeness (QED) is 0.627. The summed E-state index contributed by atoms with van der Waals surface area (Å²) in [7, 11) is 0. The van der Waals surface area contributed by atoms with Crippen LogP contribution >= 0.6 is 0 Å². The Kier molecular flexibility index (Phi) is 3.31. The maximum atomic E-state index is 13.5. The first-order chi connectivity index (χ1) is 10.1. The molecule has 2 aromatic carbocycles. The van der Waals surface area contributed by atoms with Crippen LogP contribution in [0.15, 0.2) is 59.2 Å². The fraction of sp³-hybridized carbons (Fsp3) is 0.